The van der Waals surface area contributed by atoms with Crippen molar-refractivity contribution in [2.75, 3.05) is 13.1 Å². The van der Waals surface area contributed by atoms with E-state index in [0.717, 1.165) is 37.8 Å². The van der Waals surface area contributed by atoms with E-state index < -0.39 is 0 Å². The zero-order valence-electron chi connectivity index (χ0n) is 15.5. The first-order valence-corrected chi connectivity index (χ1v) is 9.34. The Bertz CT molecular complexity index is 637. The Morgan fingerprint density at radius 1 is 1.24 bits per heavy atom. The summed E-state index contributed by atoms with van der Waals surface area (Å²) in [4.78, 5) is 37.6. The van der Waals surface area contributed by atoms with Crippen molar-refractivity contribution in [3.8, 4) is 0 Å². The normalized spacial score (nSPS) is 22.2. The molecule has 1 aliphatic carbocycles. The molecule has 1 aromatic rings. The zero-order valence-corrected chi connectivity index (χ0v) is 15.5. The van der Waals surface area contributed by atoms with E-state index in [1.165, 1.54) is 6.42 Å². The molecule has 1 saturated carbocycles. The number of likely N-dealkylation sites (N-methyl/N-ethyl adjacent to an activating group) is 1. The summed E-state index contributed by atoms with van der Waals surface area (Å²) in [5.41, 5.74) is 1.08. The minimum absolute atomic E-state index is 0.0449. The van der Waals surface area contributed by atoms with Gasteiger partial charge in [0.2, 0.25) is 5.91 Å². The maximum atomic E-state index is 13.2. The highest BCUT2D eigenvalue weighted by atomic mass is 16.2. The van der Waals surface area contributed by atoms with E-state index in [4.69, 9.17) is 0 Å². The molecule has 1 saturated heterocycles. The highest BCUT2D eigenvalue weighted by Gasteiger charge is 2.50. The van der Waals surface area contributed by atoms with Crippen molar-refractivity contribution in [2.24, 2.45) is 0 Å². The SMILES string of the molecule is CCN(C(C)=O)[C@@H]1CN(C(=O)c2cnc(C)cn2)C2(CCCCC2)C1. The van der Waals surface area contributed by atoms with Crippen molar-refractivity contribution in [2.45, 2.75) is 70.9 Å². The van der Waals surface area contributed by atoms with Crippen molar-refractivity contribution in [3.05, 3.63) is 23.8 Å². The number of carbonyl (C=O) groups excluding carboxylic acids is 2. The van der Waals surface area contributed by atoms with Crippen LogP contribution in [0, 0.1) is 6.92 Å². The Kier molecular flexibility index (Phi) is 5.06. The van der Waals surface area contributed by atoms with Crippen molar-refractivity contribution >= 4 is 11.8 Å². The standard InChI is InChI=1S/C19H28N4O2/c1-4-22(15(3)24)16-10-19(8-6-5-7-9-19)23(13-16)18(25)17-12-20-14(2)11-21-17/h11-12,16H,4-10,13H2,1-3H3/t16-/m0/s1. The number of rotatable bonds is 3. The van der Waals surface area contributed by atoms with Gasteiger partial charge >= 0.3 is 0 Å². The van der Waals surface area contributed by atoms with Crippen LogP contribution in [0.3, 0.4) is 0 Å². The van der Waals surface area contributed by atoms with Crippen molar-refractivity contribution < 1.29 is 9.59 Å². The molecule has 6 heteroatoms. The summed E-state index contributed by atoms with van der Waals surface area (Å²) in [5, 5.41) is 0. The smallest absolute Gasteiger partial charge is 0.274 e. The Balaban J connectivity index is 1.89. The molecule has 3 rings (SSSR count). The van der Waals surface area contributed by atoms with Crippen LogP contribution < -0.4 is 0 Å². The maximum absolute atomic E-state index is 13.2. The molecule has 0 N–H and O–H groups in total. The summed E-state index contributed by atoms with van der Waals surface area (Å²) in [6, 6.07) is 0.1000. The van der Waals surface area contributed by atoms with Crippen LogP contribution in [0.2, 0.25) is 0 Å². The molecule has 0 aromatic carbocycles. The Morgan fingerprint density at radius 3 is 2.52 bits per heavy atom. The van der Waals surface area contributed by atoms with Gasteiger partial charge in [0, 0.05) is 31.7 Å². The van der Waals surface area contributed by atoms with E-state index in [0.29, 0.717) is 18.8 Å². The first kappa shape index (κ1) is 17.8. The van der Waals surface area contributed by atoms with Crippen LogP contribution in [0.15, 0.2) is 12.4 Å². The second-order valence-corrected chi connectivity index (χ2v) is 7.41. The molecule has 2 heterocycles. The van der Waals surface area contributed by atoms with Gasteiger partial charge in [-0.3, -0.25) is 14.6 Å². The van der Waals surface area contributed by atoms with Gasteiger partial charge in [-0.2, -0.15) is 0 Å². The topological polar surface area (TPSA) is 66.4 Å². The van der Waals surface area contributed by atoms with Gasteiger partial charge in [-0.15, -0.1) is 0 Å². The summed E-state index contributed by atoms with van der Waals surface area (Å²) in [6.45, 7) is 6.77. The average Bonchev–Trinajstić information content (AvgIpc) is 2.94. The molecule has 6 nitrogen and oxygen atoms in total. The van der Waals surface area contributed by atoms with E-state index in [2.05, 4.69) is 9.97 Å². The van der Waals surface area contributed by atoms with Gasteiger partial charge in [-0.1, -0.05) is 19.3 Å². The van der Waals surface area contributed by atoms with Crippen LogP contribution in [0.25, 0.3) is 0 Å². The molecular weight excluding hydrogens is 316 g/mol. The van der Waals surface area contributed by atoms with Gasteiger partial charge in [-0.25, -0.2) is 4.98 Å². The number of likely N-dealkylation sites (tertiary alicyclic amines) is 1. The van der Waals surface area contributed by atoms with Gasteiger partial charge in [-0.05, 0) is 33.1 Å². The third-order valence-corrected chi connectivity index (χ3v) is 5.80. The predicted molar refractivity (Wildman–Crippen MR) is 95.1 cm³/mol. The van der Waals surface area contributed by atoms with E-state index in [-0.39, 0.29) is 23.4 Å². The van der Waals surface area contributed by atoms with Gasteiger partial charge < -0.3 is 9.80 Å². The average molecular weight is 344 g/mol. The number of nitrogens with zero attached hydrogens (tertiary/aromatic N) is 4. The fourth-order valence-electron chi connectivity index (χ4n) is 4.59. The molecule has 0 radical (unpaired) electrons. The second kappa shape index (κ2) is 7.10. The van der Waals surface area contributed by atoms with Gasteiger partial charge in [0.15, 0.2) is 0 Å². The molecule has 136 valence electrons. The van der Waals surface area contributed by atoms with Crippen LogP contribution in [-0.2, 0) is 4.79 Å². The van der Waals surface area contributed by atoms with Crippen molar-refractivity contribution in [1.82, 2.24) is 19.8 Å². The van der Waals surface area contributed by atoms with Crippen LogP contribution in [0.5, 0.6) is 0 Å². The summed E-state index contributed by atoms with van der Waals surface area (Å²) < 4.78 is 0. The number of aryl methyl sites for hydroxylation is 1. The molecule has 1 spiro atoms. The molecule has 0 unspecified atom stereocenters. The second-order valence-electron chi connectivity index (χ2n) is 7.41. The molecule has 1 atom stereocenters. The minimum atomic E-state index is -0.130. The van der Waals surface area contributed by atoms with Crippen LogP contribution >= 0.6 is 0 Å². The lowest BCUT2D eigenvalue weighted by atomic mass is 9.79. The molecule has 2 fully saturated rings. The van der Waals surface area contributed by atoms with Crippen LogP contribution in [0.4, 0.5) is 0 Å². The third-order valence-electron chi connectivity index (χ3n) is 5.80. The maximum Gasteiger partial charge on any atom is 0.274 e. The molecule has 25 heavy (non-hydrogen) atoms. The third kappa shape index (κ3) is 3.39. The number of carbonyl (C=O) groups is 2. The lowest BCUT2D eigenvalue weighted by Gasteiger charge is -2.41. The van der Waals surface area contributed by atoms with Crippen LogP contribution in [-0.4, -0.2) is 56.3 Å². The zero-order chi connectivity index (χ0) is 18.0. The quantitative estimate of drug-likeness (QED) is 0.845. The van der Waals surface area contributed by atoms with E-state index in [1.807, 2.05) is 23.6 Å². The summed E-state index contributed by atoms with van der Waals surface area (Å²) >= 11 is 0. The monoisotopic (exact) mass is 344 g/mol. The summed E-state index contributed by atoms with van der Waals surface area (Å²) in [5.74, 6) is 0.0411. The van der Waals surface area contributed by atoms with E-state index in [1.54, 1.807) is 19.3 Å². The molecular formula is C19H28N4O2. The van der Waals surface area contributed by atoms with Gasteiger partial charge in [0.05, 0.1) is 17.9 Å². The van der Waals surface area contributed by atoms with Crippen molar-refractivity contribution in [3.63, 3.8) is 0 Å². The first-order chi connectivity index (χ1) is 12.0. The van der Waals surface area contributed by atoms with Gasteiger partial charge in [0.1, 0.15) is 5.69 Å². The fourth-order valence-corrected chi connectivity index (χ4v) is 4.59. The number of hydrogen-bond donors (Lipinski definition) is 0. The fraction of sp³-hybridized carbons (Fsp3) is 0.684. The highest BCUT2D eigenvalue weighted by molar-refractivity contribution is 5.93. The molecule has 1 aromatic heterocycles. The molecule has 1 aliphatic heterocycles. The molecule has 0 bridgehead atoms. The van der Waals surface area contributed by atoms with Crippen molar-refractivity contribution in [1.29, 1.82) is 0 Å². The molecule has 2 amide bonds. The van der Waals surface area contributed by atoms with Crippen LogP contribution in [0.1, 0.15) is 68.6 Å². The lowest BCUT2D eigenvalue weighted by molar-refractivity contribution is -0.130. The number of aromatic nitrogens is 2. The minimum Gasteiger partial charge on any atom is -0.338 e. The van der Waals surface area contributed by atoms with Gasteiger partial charge in [0.25, 0.3) is 5.91 Å². The largest absolute Gasteiger partial charge is 0.338 e. The highest BCUT2D eigenvalue weighted by Crippen LogP contribution is 2.43. The first-order valence-electron chi connectivity index (χ1n) is 9.34. The number of hydrogen-bond acceptors (Lipinski definition) is 4. The predicted octanol–water partition coefficient (Wildman–Crippen LogP) is 2.57. The Hall–Kier alpha value is -1.98. The Labute approximate surface area is 149 Å². The summed E-state index contributed by atoms with van der Waals surface area (Å²) in [7, 11) is 0. The van der Waals surface area contributed by atoms with E-state index in [9.17, 15) is 9.59 Å². The van der Waals surface area contributed by atoms with E-state index >= 15 is 0 Å². The number of amides is 2. The summed E-state index contributed by atoms with van der Waals surface area (Å²) in [6.07, 6.45) is 9.64. The Morgan fingerprint density at radius 2 is 1.96 bits per heavy atom. The molecule has 2 aliphatic rings. The lowest BCUT2D eigenvalue weighted by Crippen LogP contribution is -2.48.